The van der Waals surface area contributed by atoms with Crippen molar-refractivity contribution in [2.75, 3.05) is 20.1 Å². The summed E-state index contributed by atoms with van der Waals surface area (Å²) in [6, 6.07) is 10.2. The molecule has 0 saturated carbocycles. The summed E-state index contributed by atoms with van der Waals surface area (Å²) in [7, 11) is 1.74. The fourth-order valence-electron chi connectivity index (χ4n) is 4.14. The van der Waals surface area contributed by atoms with Crippen LogP contribution in [0.1, 0.15) is 35.3 Å². The van der Waals surface area contributed by atoms with Gasteiger partial charge in [0.2, 0.25) is 0 Å². The summed E-state index contributed by atoms with van der Waals surface area (Å²) < 4.78 is 6.05. The van der Waals surface area contributed by atoms with Crippen LogP contribution in [0.25, 0.3) is 0 Å². The Morgan fingerprint density at radius 3 is 2.79 bits per heavy atom. The van der Waals surface area contributed by atoms with Gasteiger partial charge in [-0.3, -0.25) is 14.7 Å². The number of aromatic amines is 1. The molecule has 29 heavy (non-hydrogen) atoms. The number of likely N-dealkylation sites (N-methyl/N-ethyl adjacent to an activating group) is 1. The minimum Gasteiger partial charge on any atom is -0.365 e. The van der Waals surface area contributed by atoms with Crippen molar-refractivity contribution >= 4 is 23.4 Å². The molecule has 0 spiro atoms. The van der Waals surface area contributed by atoms with Crippen molar-refractivity contribution in [3.8, 4) is 0 Å². The Balaban J connectivity index is 1.30. The van der Waals surface area contributed by atoms with Gasteiger partial charge >= 0.3 is 0 Å². The standard InChI is InChI=1S/C21H25ClN4O3/c1-25(21(28)19-17(22)12-23-24-19)15-9-10-26(13-15)20(27)18-8-7-16(29-18)11-14-5-3-2-4-6-14/h2-6,12,15-16,18H,7-11,13H2,1H3,(H,23,24)/t15?,16-,18+/m1/s1. The van der Waals surface area contributed by atoms with E-state index in [1.165, 1.54) is 11.8 Å². The molecule has 1 N–H and O–H groups in total. The van der Waals surface area contributed by atoms with Gasteiger partial charge < -0.3 is 14.5 Å². The highest BCUT2D eigenvalue weighted by Crippen LogP contribution is 2.26. The lowest BCUT2D eigenvalue weighted by atomic mass is 10.1. The molecule has 3 atom stereocenters. The molecule has 8 heteroatoms. The Morgan fingerprint density at radius 2 is 2.07 bits per heavy atom. The molecule has 1 unspecified atom stereocenters. The largest absolute Gasteiger partial charge is 0.365 e. The van der Waals surface area contributed by atoms with E-state index in [4.69, 9.17) is 16.3 Å². The molecule has 3 heterocycles. The second-order valence-electron chi connectivity index (χ2n) is 7.75. The van der Waals surface area contributed by atoms with Crippen molar-refractivity contribution in [2.45, 2.75) is 43.9 Å². The second-order valence-corrected chi connectivity index (χ2v) is 8.16. The average molecular weight is 417 g/mol. The highest BCUT2D eigenvalue weighted by atomic mass is 35.5. The molecule has 1 aromatic heterocycles. The number of hydrogen-bond donors (Lipinski definition) is 1. The van der Waals surface area contributed by atoms with E-state index in [2.05, 4.69) is 22.3 Å². The molecular weight excluding hydrogens is 392 g/mol. The summed E-state index contributed by atoms with van der Waals surface area (Å²) in [4.78, 5) is 29.0. The van der Waals surface area contributed by atoms with Crippen LogP contribution in [0.15, 0.2) is 36.5 Å². The lowest BCUT2D eigenvalue weighted by Crippen LogP contribution is -2.42. The van der Waals surface area contributed by atoms with Crippen molar-refractivity contribution < 1.29 is 14.3 Å². The van der Waals surface area contributed by atoms with Crippen LogP contribution in [-0.2, 0) is 16.0 Å². The molecule has 2 aliphatic heterocycles. The van der Waals surface area contributed by atoms with Crippen molar-refractivity contribution in [2.24, 2.45) is 0 Å². The number of carbonyl (C=O) groups excluding carboxylic acids is 2. The van der Waals surface area contributed by atoms with E-state index in [1.807, 2.05) is 23.1 Å². The molecular formula is C21H25ClN4O3. The first-order valence-corrected chi connectivity index (χ1v) is 10.3. The van der Waals surface area contributed by atoms with Crippen LogP contribution in [0, 0.1) is 0 Å². The van der Waals surface area contributed by atoms with E-state index in [-0.39, 0.29) is 35.8 Å². The smallest absolute Gasteiger partial charge is 0.273 e. The maximum absolute atomic E-state index is 12.9. The zero-order chi connectivity index (χ0) is 20.4. The number of hydrogen-bond acceptors (Lipinski definition) is 4. The molecule has 2 saturated heterocycles. The predicted molar refractivity (Wildman–Crippen MR) is 109 cm³/mol. The van der Waals surface area contributed by atoms with Crippen LogP contribution in [-0.4, -0.2) is 70.2 Å². The van der Waals surface area contributed by atoms with Crippen LogP contribution in [0.2, 0.25) is 5.02 Å². The summed E-state index contributed by atoms with van der Waals surface area (Å²) >= 11 is 6.00. The number of H-pyrrole nitrogens is 1. The number of rotatable bonds is 5. The number of amides is 2. The summed E-state index contributed by atoms with van der Waals surface area (Å²) in [5.74, 6) is -0.185. The third-order valence-corrected chi connectivity index (χ3v) is 6.13. The van der Waals surface area contributed by atoms with Crippen LogP contribution in [0.5, 0.6) is 0 Å². The van der Waals surface area contributed by atoms with Crippen molar-refractivity contribution in [1.82, 2.24) is 20.0 Å². The summed E-state index contributed by atoms with van der Waals surface area (Å²) in [5, 5.41) is 6.74. The molecule has 1 aromatic carbocycles. The average Bonchev–Trinajstić information content (AvgIpc) is 3.48. The first kappa shape index (κ1) is 19.9. The van der Waals surface area contributed by atoms with Gasteiger partial charge in [0.15, 0.2) is 0 Å². The Labute approximate surface area is 175 Å². The van der Waals surface area contributed by atoms with Crippen molar-refractivity contribution in [3.05, 3.63) is 52.8 Å². The van der Waals surface area contributed by atoms with Crippen molar-refractivity contribution in [1.29, 1.82) is 0 Å². The Hall–Kier alpha value is -2.38. The molecule has 2 fully saturated rings. The Morgan fingerprint density at radius 1 is 1.28 bits per heavy atom. The van der Waals surface area contributed by atoms with Crippen LogP contribution < -0.4 is 0 Å². The molecule has 0 aliphatic carbocycles. The maximum atomic E-state index is 12.9. The van der Waals surface area contributed by atoms with Gasteiger partial charge in [-0.15, -0.1) is 0 Å². The fourth-order valence-corrected chi connectivity index (χ4v) is 4.31. The third-order valence-electron chi connectivity index (χ3n) is 5.84. The number of nitrogens with one attached hydrogen (secondary N) is 1. The number of benzene rings is 1. The van der Waals surface area contributed by atoms with Gasteiger partial charge in [0.1, 0.15) is 11.8 Å². The molecule has 2 aromatic rings. The fraction of sp³-hybridized carbons (Fsp3) is 0.476. The number of aromatic nitrogens is 2. The highest BCUT2D eigenvalue weighted by molar-refractivity contribution is 6.33. The molecule has 7 nitrogen and oxygen atoms in total. The quantitative estimate of drug-likeness (QED) is 0.812. The molecule has 4 rings (SSSR count). The van der Waals surface area contributed by atoms with E-state index in [0.717, 1.165) is 25.7 Å². The Bertz CT molecular complexity index is 872. The normalized spacial score (nSPS) is 24.1. The highest BCUT2D eigenvalue weighted by Gasteiger charge is 2.38. The Kier molecular flexibility index (Phi) is 5.87. The van der Waals surface area contributed by atoms with Gasteiger partial charge in [0.25, 0.3) is 11.8 Å². The predicted octanol–water partition coefficient (Wildman–Crippen LogP) is 2.53. The van der Waals surface area contributed by atoms with E-state index < -0.39 is 0 Å². The van der Waals surface area contributed by atoms with E-state index in [9.17, 15) is 9.59 Å². The first-order valence-electron chi connectivity index (χ1n) is 9.97. The van der Waals surface area contributed by atoms with Gasteiger partial charge in [0.05, 0.1) is 23.4 Å². The summed E-state index contributed by atoms with van der Waals surface area (Å²) in [5.41, 5.74) is 1.51. The first-order chi connectivity index (χ1) is 14.0. The number of ether oxygens (including phenoxy) is 1. The molecule has 2 aliphatic rings. The van der Waals surface area contributed by atoms with E-state index in [0.29, 0.717) is 18.1 Å². The lowest BCUT2D eigenvalue weighted by molar-refractivity contribution is -0.142. The van der Waals surface area contributed by atoms with Crippen molar-refractivity contribution in [3.63, 3.8) is 0 Å². The second kappa shape index (κ2) is 8.55. The molecule has 2 amide bonds. The van der Waals surface area contributed by atoms with Gasteiger partial charge in [-0.1, -0.05) is 41.9 Å². The number of likely N-dealkylation sites (tertiary alicyclic amines) is 1. The van der Waals surface area contributed by atoms with Crippen LogP contribution in [0.4, 0.5) is 0 Å². The third kappa shape index (κ3) is 4.31. The zero-order valence-electron chi connectivity index (χ0n) is 16.4. The maximum Gasteiger partial charge on any atom is 0.273 e. The molecule has 154 valence electrons. The summed E-state index contributed by atoms with van der Waals surface area (Å²) in [6.45, 7) is 1.14. The topological polar surface area (TPSA) is 78.5 Å². The van der Waals surface area contributed by atoms with Gasteiger partial charge in [-0.25, -0.2) is 0 Å². The minimum absolute atomic E-state index is 0.0310. The number of nitrogens with zero attached hydrogens (tertiary/aromatic N) is 3. The van der Waals surface area contributed by atoms with Gasteiger partial charge in [-0.2, -0.15) is 5.10 Å². The number of halogens is 1. The SMILES string of the molecule is CN(C(=O)c1[nH]ncc1Cl)C1CCN(C(=O)[C@@H]2CC[C@H](Cc3ccccc3)O2)C1. The zero-order valence-corrected chi connectivity index (χ0v) is 17.1. The van der Waals surface area contributed by atoms with E-state index >= 15 is 0 Å². The van der Waals surface area contributed by atoms with Crippen LogP contribution in [0.3, 0.4) is 0 Å². The monoisotopic (exact) mass is 416 g/mol. The minimum atomic E-state index is -0.384. The van der Waals surface area contributed by atoms with Gasteiger partial charge in [0, 0.05) is 20.1 Å². The van der Waals surface area contributed by atoms with Crippen LogP contribution >= 0.6 is 11.6 Å². The molecule has 0 radical (unpaired) electrons. The molecule has 0 bridgehead atoms. The van der Waals surface area contributed by atoms with E-state index in [1.54, 1.807) is 11.9 Å². The number of carbonyl (C=O) groups is 2. The summed E-state index contributed by atoms with van der Waals surface area (Å²) in [6.07, 6.45) is 4.31. The lowest BCUT2D eigenvalue weighted by Gasteiger charge is -2.25. The van der Waals surface area contributed by atoms with Gasteiger partial charge in [-0.05, 0) is 31.2 Å².